The minimum Gasteiger partial charge on any atom is -0.491 e. The van der Waals surface area contributed by atoms with Gasteiger partial charge in [0, 0.05) is 18.9 Å². The molecule has 0 aliphatic carbocycles. The van der Waals surface area contributed by atoms with Gasteiger partial charge in [-0.3, -0.25) is 10.4 Å². The number of unbranched alkanes of at least 4 members (excludes halogenated alkanes) is 1. The Morgan fingerprint density at radius 1 is 1.41 bits per heavy atom. The number of hydrogen-bond acceptors (Lipinski definition) is 4. The number of nitrogens with one attached hydrogen (secondary N) is 1. The van der Waals surface area contributed by atoms with Crippen molar-refractivity contribution in [2.45, 2.75) is 19.8 Å². The molecule has 3 N–H and O–H groups in total. The van der Waals surface area contributed by atoms with Crippen molar-refractivity contribution in [2.75, 3.05) is 19.8 Å². The van der Waals surface area contributed by atoms with E-state index in [9.17, 15) is 0 Å². The minimum atomic E-state index is -0.0605. The molecule has 1 aromatic heterocycles. The van der Waals surface area contributed by atoms with E-state index >= 15 is 0 Å². The maximum atomic E-state index is 7.26. The molecule has 0 saturated heterocycles. The van der Waals surface area contributed by atoms with Crippen molar-refractivity contribution >= 4 is 5.84 Å². The van der Waals surface area contributed by atoms with Gasteiger partial charge < -0.3 is 15.2 Å². The molecule has 0 aliphatic heterocycles. The molecule has 0 spiro atoms. The van der Waals surface area contributed by atoms with Gasteiger partial charge in [-0.25, -0.2) is 0 Å². The fourth-order valence-corrected chi connectivity index (χ4v) is 1.22. The van der Waals surface area contributed by atoms with Gasteiger partial charge in [-0.15, -0.1) is 0 Å². The molecule has 0 atom stereocenters. The third kappa shape index (κ3) is 5.31. The van der Waals surface area contributed by atoms with Crippen LogP contribution >= 0.6 is 0 Å². The van der Waals surface area contributed by atoms with E-state index in [-0.39, 0.29) is 5.84 Å². The number of pyridine rings is 1. The summed E-state index contributed by atoms with van der Waals surface area (Å²) in [5.74, 6) is 0.596. The molecular formula is C12H19N3O2. The van der Waals surface area contributed by atoms with Gasteiger partial charge in [0.05, 0.1) is 6.61 Å². The fraction of sp³-hybridized carbons (Fsp3) is 0.500. The Hall–Kier alpha value is -1.62. The lowest BCUT2D eigenvalue weighted by atomic mass is 10.3. The normalized spacial score (nSPS) is 10.2. The molecule has 1 heterocycles. The molecule has 17 heavy (non-hydrogen) atoms. The van der Waals surface area contributed by atoms with Crippen LogP contribution in [0.5, 0.6) is 5.75 Å². The molecule has 1 aromatic rings. The first-order valence-electron chi connectivity index (χ1n) is 5.75. The van der Waals surface area contributed by atoms with E-state index in [1.165, 1.54) is 0 Å². The smallest absolute Gasteiger partial charge is 0.141 e. The van der Waals surface area contributed by atoms with Crippen molar-refractivity contribution in [1.82, 2.24) is 4.98 Å². The Kier molecular flexibility index (Phi) is 6.03. The third-order valence-electron chi connectivity index (χ3n) is 2.15. The zero-order valence-corrected chi connectivity index (χ0v) is 10.1. The van der Waals surface area contributed by atoms with Crippen molar-refractivity contribution in [2.24, 2.45) is 5.73 Å². The Labute approximate surface area is 101 Å². The maximum Gasteiger partial charge on any atom is 0.141 e. The highest BCUT2D eigenvalue weighted by molar-refractivity contribution is 5.93. The second-order valence-corrected chi connectivity index (χ2v) is 3.60. The Bertz CT molecular complexity index is 355. The number of nitrogens with two attached hydrogens (primary N) is 1. The minimum absolute atomic E-state index is 0.0605. The van der Waals surface area contributed by atoms with Gasteiger partial charge in [0.25, 0.3) is 0 Å². The molecule has 0 radical (unpaired) electrons. The van der Waals surface area contributed by atoms with Gasteiger partial charge in [0.15, 0.2) is 0 Å². The summed E-state index contributed by atoms with van der Waals surface area (Å²) in [6.45, 7) is 3.96. The largest absolute Gasteiger partial charge is 0.491 e. The summed E-state index contributed by atoms with van der Waals surface area (Å²) in [6, 6.07) is 3.38. The Balaban J connectivity index is 2.27. The van der Waals surface area contributed by atoms with Gasteiger partial charge in [0.1, 0.15) is 23.9 Å². The number of rotatable bonds is 8. The average molecular weight is 237 g/mol. The molecule has 0 fully saturated rings. The van der Waals surface area contributed by atoms with Crippen LogP contribution in [0.2, 0.25) is 0 Å². The summed E-state index contributed by atoms with van der Waals surface area (Å²) in [6.07, 6.45) is 3.78. The van der Waals surface area contributed by atoms with Crippen molar-refractivity contribution in [3.8, 4) is 5.75 Å². The van der Waals surface area contributed by atoms with Gasteiger partial charge in [-0.1, -0.05) is 13.3 Å². The number of ether oxygens (including phenoxy) is 2. The van der Waals surface area contributed by atoms with Gasteiger partial charge >= 0.3 is 0 Å². The fourth-order valence-electron chi connectivity index (χ4n) is 1.22. The van der Waals surface area contributed by atoms with Crippen molar-refractivity contribution in [1.29, 1.82) is 5.41 Å². The van der Waals surface area contributed by atoms with Crippen molar-refractivity contribution < 1.29 is 9.47 Å². The number of nitrogen functional groups attached to an aromatic ring is 1. The van der Waals surface area contributed by atoms with Crippen molar-refractivity contribution in [3.63, 3.8) is 0 Å². The highest BCUT2D eigenvalue weighted by Gasteiger charge is 2.00. The predicted molar refractivity (Wildman–Crippen MR) is 66.5 cm³/mol. The van der Waals surface area contributed by atoms with E-state index in [0.717, 1.165) is 19.4 Å². The van der Waals surface area contributed by atoms with Gasteiger partial charge in [-0.2, -0.15) is 0 Å². The average Bonchev–Trinajstić information content (AvgIpc) is 2.34. The molecule has 0 saturated carbocycles. The van der Waals surface area contributed by atoms with Crippen LogP contribution in [-0.2, 0) is 4.74 Å². The molecule has 0 amide bonds. The lowest BCUT2D eigenvalue weighted by Gasteiger charge is -2.07. The first-order chi connectivity index (χ1) is 8.24. The number of aromatic nitrogens is 1. The molecular weight excluding hydrogens is 218 g/mol. The molecule has 0 bridgehead atoms. The Morgan fingerprint density at radius 3 is 2.94 bits per heavy atom. The molecule has 5 nitrogen and oxygen atoms in total. The number of hydrogen-bond donors (Lipinski definition) is 2. The van der Waals surface area contributed by atoms with Gasteiger partial charge in [-0.05, 0) is 12.5 Å². The van der Waals surface area contributed by atoms with E-state index in [4.69, 9.17) is 20.6 Å². The van der Waals surface area contributed by atoms with Crippen LogP contribution in [0.15, 0.2) is 18.3 Å². The topological polar surface area (TPSA) is 81.2 Å². The summed E-state index contributed by atoms with van der Waals surface area (Å²) < 4.78 is 10.8. The number of amidine groups is 1. The van der Waals surface area contributed by atoms with Crippen LogP contribution < -0.4 is 10.5 Å². The highest BCUT2D eigenvalue weighted by Crippen LogP contribution is 2.10. The monoisotopic (exact) mass is 237 g/mol. The zero-order chi connectivity index (χ0) is 12.5. The lowest BCUT2D eigenvalue weighted by molar-refractivity contribution is 0.0980. The quantitative estimate of drug-likeness (QED) is 0.408. The van der Waals surface area contributed by atoms with Crippen LogP contribution in [-0.4, -0.2) is 30.6 Å². The first kappa shape index (κ1) is 13.4. The van der Waals surface area contributed by atoms with Gasteiger partial charge in [0.2, 0.25) is 0 Å². The summed E-state index contributed by atoms with van der Waals surface area (Å²) in [5, 5.41) is 7.26. The second kappa shape index (κ2) is 7.62. The van der Waals surface area contributed by atoms with Crippen LogP contribution in [0.3, 0.4) is 0 Å². The van der Waals surface area contributed by atoms with E-state index in [0.29, 0.717) is 24.7 Å². The SMILES string of the molecule is CCCCOCCOc1ccnc(C(=N)N)c1. The molecule has 1 rings (SSSR count). The summed E-state index contributed by atoms with van der Waals surface area (Å²) in [7, 11) is 0. The standard InChI is InChI=1S/C12H19N3O2/c1-2-3-6-16-7-8-17-10-4-5-15-11(9-10)12(13)14/h4-5,9H,2-3,6-8H2,1H3,(H3,13,14). The zero-order valence-electron chi connectivity index (χ0n) is 10.1. The predicted octanol–water partition coefficient (Wildman–Crippen LogP) is 1.56. The van der Waals surface area contributed by atoms with E-state index in [2.05, 4.69) is 11.9 Å². The van der Waals surface area contributed by atoms with Crippen LogP contribution in [0.4, 0.5) is 0 Å². The molecule has 0 aromatic carbocycles. The second-order valence-electron chi connectivity index (χ2n) is 3.60. The van der Waals surface area contributed by atoms with Crippen LogP contribution in [0.1, 0.15) is 25.5 Å². The summed E-state index contributed by atoms with van der Waals surface area (Å²) in [4.78, 5) is 3.95. The molecule has 0 aliphatic rings. The highest BCUT2D eigenvalue weighted by atomic mass is 16.5. The van der Waals surface area contributed by atoms with E-state index in [1.807, 2.05) is 0 Å². The Morgan fingerprint density at radius 2 is 2.24 bits per heavy atom. The molecule has 0 unspecified atom stereocenters. The maximum absolute atomic E-state index is 7.26. The summed E-state index contributed by atoms with van der Waals surface area (Å²) in [5.41, 5.74) is 5.76. The first-order valence-corrected chi connectivity index (χ1v) is 5.75. The lowest BCUT2D eigenvalue weighted by Crippen LogP contribution is -2.13. The van der Waals surface area contributed by atoms with Crippen molar-refractivity contribution in [3.05, 3.63) is 24.0 Å². The van der Waals surface area contributed by atoms with E-state index < -0.39 is 0 Å². The third-order valence-corrected chi connectivity index (χ3v) is 2.15. The molecule has 5 heteroatoms. The summed E-state index contributed by atoms with van der Waals surface area (Å²) >= 11 is 0. The van der Waals surface area contributed by atoms with Crippen LogP contribution in [0, 0.1) is 5.41 Å². The van der Waals surface area contributed by atoms with Crippen LogP contribution in [0.25, 0.3) is 0 Å². The van der Waals surface area contributed by atoms with E-state index in [1.54, 1.807) is 18.3 Å². The molecule has 94 valence electrons. The number of nitrogens with zero attached hydrogens (tertiary/aromatic N) is 1.